The lowest BCUT2D eigenvalue weighted by Crippen LogP contribution is -2.01. The van der Waals surface area contributed by atoms with Gasteiger partial charge in [0.1, 0.15) is 17.2 Å². The molecule has 0 aliphatic heterocycles. The van der Waals surface area contributed by atoms with Crippen molar-refractivity contribution in [2.45, 2.75) is 13.8 Å². The minimum absolute atomic E-state index is 0.823. The number of nitrogens with one attached hydrogen (secondary N) is 1. The molecule has 0 aliphatic carbocycles. The molecule has 1 N–H and O–H groups in total. The number of nitrogens with zero attached hydrogens (tertiary/aromatic N) is 2. The van der Waals surface area contributed by atoms with Gasteiger partial charge in [-0.2, -0.15) is 0 Å². The van der Waals surface area contributed by atoms with Gasteiger partial charge >= 0.3 is 0 Å². The third kappa shape index (κ3) is 2.21. The van der Waals surface area contributed by atoms with Gasteiger partial charge < -0.3 is 5.32 Å². The van der Waals surface area contributed by atoms with E-state index in [1.807, 2.05) is 6.92 Å². The molecule has 0 radical (unpaired) electrons. The predicted octanol–water partition coefficient (Wildman–Crippen LogP) is 5.61. The molecule has 0 aliphatic rings. The molecule has 0 unspecified atom stereocenters. The van der Waals surface area contributed by atoms with Crippen LogP contribution in [0.4, 0.5) is 5.82 Å². The highest BCUT2D eigenvalue weighted by atomic mass is 35.5. The Bertz CT molecular complexity index is 1020. The molecule has 0 saturated heterocycles. The first-order chi connectivity index (χ1) is 11.2. The van der Waals surface area contributed by atoms with E-state index in [-0.39, 0.29) is 0 Å². The van der Waals surface area contributed by atoms with Crippen LogP contribution in [-0.2, 0) is 0 Å². The van der Waals surface area contributed by atoms with Crippen LogP contribution in [0, 0.1) is 6.92 Å². The molecule has 3 nitrogen and oxygen atoms in total. The molecule has 116 valence electrons. The van der Waals surface area contributed by atoms with E-state index in [4.69, 9.17) is 16.6 Å². The highest BCUT2D eigenvalue weighted by Crippen LogP contribution is 2.38. The second kappa shape index (κ2) is 5.55. The maximum atomic E-state index is 6.27. The van der Waals surface area contributed by atoms with E-state index >= 15 is 0 Å². The first kappa shape index (κ1) is 14.5. The van der Waals surface area contributed by atoms with Gasteiger partial charge in [-0.1, -0.05) is 35.9 Å². The van der Waals surface area contributed by atoms with Crippen molar-refractivity contribution >= 4 is 45.2 Å². The van der Waals surface area contributed by atoms with Crippen LogP contribution in [0.25, 0.3) is 27.7 Å². The molecular weight excluding hydrogens is 326 g/mol. The van der Waals surface area contributed by atoms with Crippen LogP contribution >= 0.6 is 22.9 Å². The quantitative estimate of drug-likeness (QED) is 0.524. The molecule has 3 heterocycles. The first-order valence-electron chi connectivity index (χ1n) is 7.58. The zero-order valence-electron chi connectivity index (χ0n) is 12.9. The van der Waals surface area contributed by atoms with E-state index in [1.165, 1.54) is 5.39 Å². The summed E-state index contributed by atoms with van der Waals surface area (Å²) in [6, 6.07) is 10.5. The number of aromatic nitrogens is 2. The number of halogens is 1. The molecule has 0 atom stereocenters. The number of thiophene rings is 1. The van der Waals surface area contributed by atoms with Crippen molar-refractivity contribution in [3.05, 3.63) is 51.8 Å². The van der Waals surface area contributed by atoms with Crippen molar-refractivity contribution < 1.29 is 0 Å². The molecular formula is C18H16ClN3S. The van der Waals surface area contributed by atoms with E-state index in [0.717, 1.165) is 44.6 Å². The molecule has 4 rings (SSSR count). The molecule has 0 fully saturated rings. The Morgan fingerprint density at radius 3 is 2.83 bits per heavy atom. The number of anilines is 1. The summed E-state index contributed by atoms with van der Waals surface area (Å²) < 4.78 is 2.95. The van der Waals surface area contributed by atoms with Crippen molar-refractivity contribution in [3.8, 4) is 11.3 Å². The smallest absolute Gasteiger partial charge is 0.147 e. The lowest BCUT2D eigenvalue weighted by molar-refractivity contribution is 1.12. The molecule has 5 heteroatoms. The number of hydrogen-bond donors (Lipinski definition) is 1. The van der Waals surface area contributed by atoms with E-state index in [2.05, 4.69) is 58.5 Å². The van der Waals surface area contributed by atoms with Gasteiger partial charge in [-0.3, -0.25) is 4.40 Å². The molecule has 23 heavy (non-hydrogen) atoms. The summed E-state index contributed by atoms with van der Waals surface area (Å²) in [4.78, 5) is 4.95. The van der Waals surface area contributed by atoms with E-state index in [0.29, 0.717) is 0 Å². The van der Waals surface area contributed by atoms with Crippen molar-refractivity contribution in [2.24, 2.45) is 0 Å². The average molecular weight is 342 g/mol. The van der Waals surface area contributed by atoms with Crippen LogP contribution in [0.15, 0.2) is 41.9 Å². The van der Waals surface area contributed by atoms with Crippen LogP contribution in [0.2, 0.25) is 4.34 Å². The second-order valence-corrected chi connectivity index (χ2v) is 6.97. The Hall–Kier alpha value is -2.04. The normalized spacial score (nSPS) is 11.4. The maximum Gasteiger partial charge on any atom is 0.147 e. The number of hydrogen-bond acceptors (Lipinski definition) is 3. The van der Waals surface area contributed by atoms with Gasteiger partial charge in [0.05, 0.1) is 4.34 Å². The van der Waals surface area contributed by atoms with Crippen molar-refractivity contribution in [3.63, 3.8) is 0 Å². The van der Waals surface area contributed by atoms with E-state index in [1.54, 1.807) is 11.3 Å². The standard InChI is InChI=1S/C18H16ClN3S/c1-3-20-18-15(14-10-23-16(19)11(14)2)21-17-13-7-5-4-6-12(13)8-9-22(17)18/h4-10,20H,3H2,1-2H3. The lowest BCUT2D eigenvalue weighted by atomic mass is 10.1. The number of benzene rings is 1. The van der Waals surface area contributed by atoms with Gasteiger partial charge in [0.15, 0.2) is 0 Å². The fraction of sp³-hybridized carbons (Fsp3) is 0.167. The Morgan fingerprint density at radius 1 is 1.26 bits per heavy atom. The van der Waals surface area contributed by atoms with Crippen molar-refractivity contribution in [2.75, 3.05) is 11.9 Å². The maximum absolute atomic E-state index is 6.27. The summed E-state index contributed by atoms with van der Waals surface area (Å²) in [5.74, 6) is 1.02. The summed E-state index contributed by atoms with van der Waals surface area (Å²) in [5, 5.41) is 7.89. The minimum Gasteiger partial charge on any atom is -0.370 e. The summed E-state index contributed by atoms with van der Waals surface area (Å²) in [6.07, 6.45) is 2.08. The van der Waals surface area contributed by atoms with Crippen LogP contribution in [0.1, 0.15) is 12.5 Å². The molecule has 0 amide bonds. The summed E-state index contributed by atoms with van der Waals surface area (Å²) >= 11 is 7.82. The molecule has 1 aromatic carbocycles. The third-order valence-corrected chi connectivity index (χ3v) is 5.51. The summed E-state index contributed by atoms with van der Waals surface area (Å²) in [6.45, 7) is 4.98. The van der Waals surface area contributed by atoms with Crippen molar-refractivity contribution in [1.29, 1.82) is 0 Å². The number of pyridine rings is 1. The SMILES string of the molecule is CCNc1c(-c2csc(Cl)c2C)nc2c3ccccc3ccn12. The van der Waals surface area contributed by atoms with Gasteiger partial charge in [0, 0.05) is 29.1 Å². The Kier molecular flexibility index (Phi) is 3.51. The van der Waals surface area contributed by atoms with E-state index in [9.17, 15) is 0 Å². The van der Waals surface area contributed by atoms with Crippen LogP contribution in [-0.4, -0.2) is 15.9 Å². The zero-order valence-corrected chi connectivity index (χ0v) is 14.5. The summed E-state index contributed by atoms with van der Waals surface area (Å²) in [7, 11) is 0. The molecule has 0 saturated carbocycles. The highest BCUT2D eigenvalue weighted by molar-refractivity contribution is 7.15. The Labute approximate surface area is 143 Å². The Morgan fingerprint density at radius 2 is 2.09 bits per heavy atom. The van der Waals surface area contributed by atoms with E-state index < -0.39 is 0 Å². The largest absolute Gasteiger partial charge is 0.370 e. The van der Waals surface area contributed by atoms with Crippen LogP contribution < -0.4 is 5.32 Å². The van der Waals surface area contributed by atoms with Crippen LogP contribution in [0.5, 0.6) is 0 Å². The number of rotatable bonds is 3. The Balaban J connectivity index is 2.09. The number of imidazole rings is 1. The van der Waals surface area contributed by atoms with Gasteiger partial charge in [0.25, 0.3) is 0 Å². The van der Waals surface area contributed by atoms with Gasteiger partial charge in [-0.15, -0.1) is 11.3 Å². The lowest BCUT2D eigenvalue weighted by Gasteiger charge is -2.07. The van der Waals surface area contributed by atoms with Gasteiger partial charge in [-0.25, -0.2) is 4.98 Å². The van der Waals surface area contributed by atoms with Gasteiger partial charge in [-0.05, 0) is 30.9 Å². The fourth-order valence-electron chi connectivity index (χ4n) is 2.92. The van der Waals surface area contributed by atoms with Gasteiger partial charge in [0.2, 0.25) is 0 Å². The molecule has 3 aromatic heterocycles. The second-order valence-electron chi connectivity index (χ2n) is 5.48. The average Bonchev–Trinajstić information content (AvgIpc) is 3.09. The van der Waals surface area contributed by atoms with Crippen LogP contribution in [0.3, 0.4) is 0 Å². The first-order valence-corrected chi connectivity index (χ1v) is 8.84. The predicted molar refractivity (Wildman–Crippen MR) is 99.9 cm³/mol. The fourth-order valence-corrected chi connectivity index (χ4v) is 3.95. The third-order valence-electron chi connectivity index (χ3n) is 4.09. The summed E-state index contributed by atoms with van der Waals surface area (Å²) in [5.41, 5.74) is 4.12. The monoisotopic (exact) mass is 341 g/mol. The number of fused-ring (bicyclic) bond motifs is 3. The minimum atomic E-state index is 0.823. The molecule has 0 spiro atoms. The molecule has 0 bridgehead atoms. The molecule has 4 aromatic rings. The topological polar surface area (TPSA) is 29.3 Å². The zero-order chi connectivity index (χ0) is 16.0. The highest BCUT2D eigenvalue weighted by Gasteiger charge is 2.18. The van der Waals surface area contributed by atoms with Crippen molar-refractivity contribution in [1.82, 2.24) is 9.38 Å².